The molecule has 8 heteroatoms. The van der Waals surface area contributed by atoms with E-state index < -0.39 is 0 Å². The van der Waals surface area contributed by atoms with Crippen LogP contribution in [0.15, 0.2) is 66.7 Å². The van der Waals surface area contributed by atoms with Gasteiger partial charge in [-0.2, -0.15) is 9.97 Å². The standard InChI is InChI=1S/C29H37N7S/c1-23(24-12-6-4-7-13-24)30-29(37)33-28-31-26(35-16-10-2-3-11-17-35)22-27(32-28)36-20-18-34(19-21-36)25-14-8-5-9-15-25/h4-9,12-15,22-23H,2-3,10-11,16-21H2,1H3,(H2,30,31,32,33,37). The molecule has 2 fully saturated rings. The highest BCUT2D eigenvalue weighted by Gasteiger charge is 2.22. The molecule has 37 heavy (non-hydrogen) atoms. The fraction of sp³-hybridized carbons (Fsp3) is 0.414. The van der Waals surface area contributed by atoms with Gasteiger partial charge in [0.25, 0.3) is 0 Å². The van der Waals surface area contributed by atoms with Gasteiger partial charge in [-0.25, -0.2) is 0 Å². The van der Waals surface area contributed by atoms with Crippen molar-refractivity contribution < 1.29 is 0 Å². The monoisotopic (exact) mass is 515 g/mol. The van der Waals surface area contributed by atoms with Gasteiger partial charge in [-0.1, -0.05) is 61.4 Å². The molecular weight excluding hydrogens is 478 g/mol. The molecule has 0 bridgehead atoms. The first-order chi connectivity index (χ1) is 18.2. The van der Waals surface area contributed by atoms with E-state index in [0.29, 0.717) is 11.1 Å². The van der Waals surface area contributed by atoms with Crippen molar-refractivity contribution in [3.05, 3.63) is 72.3 Å². The van der Waals surface area contributed by atoms with Crippen molar-refractivity contribution in [2.45, 2.75) is 38.6 Å². The molecule has 2 saturated heterocycles. The van der Waals surface area contributed by atoms with Gasteiger partial charge in [0.1, 0.15) is 11.6 Å². The summed E-state index contributed by atoms with van der Waals surface area (Å²) in [5.74, 6) is 2.50. The Bertz CT molecular complexity index is 1140. The van der Waals surface area contributed by atoms with Crippen LogP contribution in [0, 0.1) is 0 Å². The lowest BCUT2D eigenvalue weighted by Crippen LogP contribution is -2.47. The number of hydrogen-bond donors (Lipinski definition) is 2. The lowest BCUT2D eigenvalue weighted by molar-refractivity contribution is 0.646. The van der Waals surface area contributed by atoms with Crippen LogP contribution in [-0.4, -0.2) is 54.3 Å². The van der Waals surface area contributed by atoms with Crippen molar-refractivity contribution in [2.24, 2.45) is 0 Å². The molecule has 2 aromatic carbocycles. The molecule has 2 aliphatic rings. The van der Waals surface area contributed by atoms with Crippen molar-refractivity contribution in [3.8, 4) is 0 Å². The van der Waals surface area contributed by atoms with Gasteiger partial charge in [-0.15, -0.1) is 0 Å². The van der Waals surface area contributed by atoms with Crippen molar-refractivity contribution in [1.82, 2.24) is 15.3 Å². The van der Waals surface area contributed by atoms with Crippen LogP contribution in [0.25, 0.3) is 0 Å². The van der Waals surface area contributed by atoms with Crippen LogP contribution in [0.4, 0.5) is 23.3 Å². The van der Waals surface area contributed by atoms with Gasteiger partial charge >= 0.3 is 0 Å². The smallest absolute Gasteiger partial charge is 0.232 e. The average Bonchev–Trinajstić information content (AvgIpc) is 3.24. The lowest BCUT2D eigenvalue weighted by Gasteiger charge is -2.37. The molecule has 5 rings (SSSR count). The zero-order chi connectivity index (χ0) is 25.5. The second-order valence-electron chi connectivity index (χ2n) is 9.85. The number of aromatic nitrogens is 2. The van der Waals surface area contributed by atoms with E-state index in [0.717, 1.165) is 50.9 Å². The highest BCUT2D eigenvalue weighted by Crippen LogP contribution is 2.26. The van der Waals surface area contributed by atoms with Crippen LogP contribution >= 0.6 is 12.2 Å². The van der Waals surface area contributed by atoms with E-state index in [-0.39, 0.29) is 6.04 Å². The van der Waals surface area contributed by atoms with E-state index in [2.05, 4.69) is 80.8 Å². The molecule has 0 amide bonds. The maximum absolute atomic E-state index is 5.67. The van der Waals surface area contributed by atoms with Crippen LogP contribution in [0.1, 0.15) is 44.2 Å². The Labute approximate surface area is 225 Å². The minimum atomic E-state index is 0.0838. The number of nitrogens with zero attached hydrogens (tertiary/aromatic N) is 5. The topological polar surface area (TPSA) is 59.6 Å². The van der Waals surface area contributed by atoms with Crippen LogP contribution in [0.5, 0.6) is 0 Å². The third-order valence-electron chi connectivity index (χ3n) is 7.23. The van der Waals surface area contributed by atoms with E-state index in [1.165, 1.54) is 36.9 Å². The second kappa shape index (κ2) is 12.2. The maximum Gasteiger partial charge on any atom is 0.232 e. The Hall–Kier alpha value is -3.39. The number of para-hydroxylation sites is 1. The summed E-state index contributed by atoms with van der Waals surface area (Å²) in [6, 6.07) is 23.2. The van der Waals surface area contributed by atoms with Crippen LogP contribution in [-0.2, 0) is 0 Å². The van der Waals surface area contributed by atoms with Gasteiger partial charge in [-0.05, 0) is 49.7 Å². The fourth-order valence-electron chi connectivity index (χ4n) is 5.09. The SMILES string of the molecule is CC(NC(=S)Nc1nc(N2CCCCCC2)cc(N2CCN(c3ccccc3)CC2)n1)c1ccccc1. The molecule has 0 spiro atoms. The molecule has 1 atom stereocenters. The van der Waals surface area contributed by atoms with Crippen molar-refractivity contribution in [3.63, 3.8) is 0 Å². The number of hydrogen-bond acceptors (Lipinski definition) is 6. The van der Waals surface area contributed by atoms with Crippen molar-refractivity contribution >= 4 is 40.6 Å². The van der Waals surface area contributed by atoms with Crippen LogP contribution in [0.3, 0.4) is 0 Å². The molecule has 7 nitrogen and oxygen atoms in total. The normalized spacial score (nSPS) is 17.2. The molecule has 1 aromatic heterocycles. The van der Waals surface area contributed by atoms with Gasteiger partial charge in [0.2, 0.25) is 5.95 Å². The number of rotatable bonds is 6. The lowest BCUT2D eigenvalue weighted by atomic mass is 10.1. The fourth-order valence-corrected chi connectivity index (χ4v) is 5.36. The van der Waals surface area contributed by atoms with Crippen LogP contribution in [0.2, 0.25) is 0 Å². The quantitative estimate of drug-likeness (QED) is 0.433. The number of thiocarbonyl (C=S) groups is 1. The molecule has 1 unspecified atom stereocenters. The summed E-state index contributed by atoms with van der Waals surface area (Å²) in [5, 5.41) is 7.20. The molecule has 0 radical (unpaired) electrons. The molecular formula is C29H37N7S. The number of nitrogens with one attached hydrogen (secondary N) is 2. The summed E-state index contributed by atoms with van der Waals surface area (Å²) in [6.07, 6.45) is 4.97. The second-order valence-corrected chi connectivity index (χ2v) is 10.3. The summed E-state index contributed by atoms with van der Waals surface area (Å²) in [5.41, 5.74) is 2.46. The van der Waals surface area contributed by atoms with Gasteiger partial charge in [-0.3, -0.25) is 0 Å². The minimum absolute atomic E-state index is 0.0838. The molecule has 3 aromatic rings. The number of benzene rings is 2. The summed E-state index contributed by atoms with van der Waals surface area (Å²) in [4.78, 5) is 17.1. The van der Waals surface area contributed by atoms with Gasteiger partial charge in [0.15, 0.2) is 5.11 Å². The maximum atomic E-state index is 5.67. The van der Waals surface area contributed by atoms with E-state index >= 15 is 0 Å². The molecule has 3 heterocycles. The zero-order valence-corrected chi connectivity index (χ0v) is 22.5. The van der Waals surface area contributed by atoms with Gasteiger partial charge in [0, 0.05) is 51.0 Å². The Morgan fingerprint density at radius 2 is 1.27 bits per heavy atom. The van der Waals surface area contributed by atoms with Crippen molar-refractivity contribution in [2.75, 3.05) is 59.3 Å². The Morgan fingerprint density at radius 3 is 1.89 bits per heavy atom. The molecule has 2 aliphatic heterocycles. The Balaban J connectivity index is 1.32. The molecule has 194 valence electrons. The van der Waals surface area contributed by atoms with E-state index in [4.69, 9.17) is 22.2 Å². The summed E-state index contributed by atoms with van der Waals surface area (Å²) in [6.45, 7) is 7.93. The summed E-state index contributed by atoms with van der Waals surface area (Å²) >= 11 is 5.67. The van der Waals surface area contributed by atoms with Crippen LogP contribution < -0.4 is 25.3 Å². The molecule has 2 N–H and O–H groups in total. The van der Waals surface area contributed by atoms with Crippen molar-refractivity contribution in [1.29, 1.82) is 0 Å². The summed E-state index contributed by atoms with van der Waals surface area (Å²) in [7, 11) is 0. The predicted octanol–water partition coefficient (Wildman–Crippen LogP) is 5.23. The van der Waals surface area contributed by atoms with E-state index in [9.17, 15) is 0 Å². The first-order valence-electron chi connectivity index (χ1n) is 13.5. The minimum Gasteiger partial charge on any atom is -0.368 e. The number of piperazine rings is 1. The zero-order valence-electron chi connectivity index (χ0n) is 21.6. The highest BCUT2D eigenvalue weighted by molar-refractivity contribution is 7.80. The first-order valence-corrected chi connectivity index (χ1v) is 13.9. The number of anilines is 4. The highest BCUT2D eigenvalue weighted by atomic mass is 32.1. The summed E-state index contributed by atoms with van der Waals surface area (Å²) < 4.78 is 0. The van der Waals surface area contributed by atoms with E-state index in [1.807, 2.05) is 18.2 Å². The Kier molecular flexibility index (Phi) is 8.35. The molecule has 0 aliphatic carbocycles. The van der Waals surface area contributed by atoms with Gasteiger partial charge in [0.05, 0.1) is 6.04 Å². The average molecular weight is 516 g/mol. The third-order valence-corrected chi connectivity index (χ3v) is 7.45. The van der Waals surface area contributed by atoms with E-state index in [1.54, 1.807) is 0 Å². The molecule has 0 saturated carbocycles. The predicted molar refractivity (Wildman–Crippen MR) is 158 cm³/mol. The first kappa shape index (κ1) is 25.3. The Morgan fingerprint density at radius 1 is 0.730 bits per heavy atom. The largest absolute Gasteiger partial charge is 0.368 e. The third kappa shape index (κ3) is 6.68. The van der Waals surface area contributed by atoms with Gasteiger partial charge < -0.3 is 25.3 Å².